The number of rotatable bonds is 20. The second kappa shape index (κ2) is 28.8. The van der Waals surface area contributed by atoms with E-state index in [4.69, 9.17) is 47.4 Å². The molecule has 10 rings (SSSR count). The molecule has 10 atom stereocenters. The fraction of sp³-hybridized carbons (Fsp3) is 0.191. The predicted molar refractivity (Wildman–Crippen MR) is 310 cm³/mol. The molecule has 17 nitrogen and oxygen atoms in total. The Kier molecular flexibility index (Phi) is 20.0. The number of benzene rings is 8. The molecule has 2 saturated heterocycles. The minimum atomic E-state index is -1.85. The van der Waals surface area contributed by atoms with E-state index >= 15 is 0 Å². The first-order valence-electron chi connectivity index (χ1n) is 27.4. The van der Waals surface area contributed by atoms with Crippen molar-refractivity contribution in [2.24, 2.45) is 0 Å². The Balaban J connectivity index is 1.09. The van der Waals surface area contributed by atoms with Crippen LogP contribution in [0.15, 0.2) is 237 Å². The summed E-state index contributed by atoms with van der Waals surface area (Å²) in [5.74, 6) is -6.16. The number of esters is 7. The van der Waals surface area contributed by atoms with E-state index in [1.165, 1.54) is 72.8 Å². The molecule has 2 aliphatic rings. The van der Waals surface area contributed by atoms with Crippen LogP contribution in [0.4, 0.5) is 0 Å². The third-order valence-corrected chi connectivity index (χ3v) is 16.2. The minimum absolute atomic E-state index is 0.0555. The summed E-state index contributed by atoms with van der Waals surface area (Å²) < 4.78 is 65.2. The molecule has 8 aromatic carbocycles. The van der Waals surface area contributed by atoms with Crippen LogP contribution in [-0.4, -0.2) is 130 Å². The average Bonchev–Trinajstić information content (AvgIpc) is 1.77. The molecule has 2 heterocycles. The van der Waals surface area contributed by atoms with Crippen LogP contribution in [0.5, 0.6) is 0 Å². The van der Waals surface area contributed by atoms with E-state index in [-0.39, 0.29) is 38.9 Å². The van der Waals surface area contributed by atoms with Gasteiger partial charge in [0.25, 0.3) is 0 Å². The van der Waals surface area contributed by atoms with E-state index < -0.39 is 130 Å². The predicted octanol–water partition coefficient (Wildman–Crippen LogP) is 9.00. The van der Waals surface area contributed by atoms with Crippen molar-refractivity contribution < 1.29 is 80.9 Å². The molecular weight excluding hydrogens is 1170 g/mol. The van der Waals surface area contributed by atoms with Crippen molar-refractivity contribution in [1.82, 2.24) is 0 Å². The van der Waals surface area contributed by atoms with Crippen LogP contribution in [0.1, 0.15) is 78.1 Å². The number of ether oxygens (including phenoxy) is 10. The summed E-state index contributed by atoms with van der Waals surface area (Å²) in [5, 5.41) is -1.13. The van der Waals surface area contributed by atoms with E-state index in [0.29, 0.717) is 0 Å². The molecule has 0 unspecified atom stereocenters. The topological polar surface area (TPSA) is 212 Å². The van der Waals surface area contributed by atoms with Gasteiger partial charge in [-0.1, -0.05) is 60.7 Å². The van der Waals surface area contributed by atoms with Crippen molar-refractivity contribution in [2.45, 2.75) is 67.0 Å². The van der Waals surface area contributed by atoms with E-state index in [1.807, 2.05) is 31.2 Å². The molecule has 0 aromatic heterocycles. The zero-order valence-electron chi connectivity index (χ0n) is 46.1. The Morgan fingerprint density at radius 1 is 0.326 bits per heavy atom. The van der Waals surface area contributed by atoms with Gasteiger partial charge in [-0.2, -0.15) is 0 Å². The van der Waals surface area contributed by atoms with E-state index in [2.05, 4.69) is 0 Å². The molecule has 0 amide bonds. The fourth-order valence-corrected chi connectivity index (χ4v) is 11.7. The first-order chi connectivity index (χ1) is 41.9. The molecule has 0 radical (unpaired) electrons. The van der Waals surface area contributed by atoms with Gasteiger partial charge in [0.15, 0.2) is 0 Å². The van der Waals surface area contributed by atoms with Gasteiger partial charge < -0.3 is 0 Å². The van der Waals surface area contributed by atoms with Crippen LogP contribution >= 0.6 is 0 Å². The van der Waals surface area contributed by atoms with Gasteiger partial charge in [-0.25, -0.2) is 0 Å². The number of hydrogen-bond donors (Lipinski definition) is 0. The Hall–Kier alpha value is -9.55. The SMILES string of the molecule is Cc1ccc([Se][C@@H]2O[C@H](CO[C@@H]3O[C@H](COC(=O)c4ccccc4)[C@@H](OC(=O)c4ccccc4)[C@H](OC(=O)c4ccccc4)[C@H]3OC(=O)c3ccccc3)[C@@H](OC(=O)c3ccccc3)[C@H](OC(=O)c3ccccc3)[C@H]2OC(=O)c2ccccc2)cc1. The van der Waals surface area contributed by atoms with Gasteiger partial charge >= 0.3 is 419 Å². The monoisotopic (exact) mass is 1220 g/mol. The number of hydrogen-bond acceptors (Lipinski definition) is 17. The van der Waals surface area contributed by atoms with Gasteiger partial charge in [-0.3, -0.25) is 0 Å². The first-order valence-corrected chi connectivity index (χ1v) is 29.2. The molecule has 18 heteroatoms. The molecule has 0 spiro atoms. The maximum absolute atomic E-state index is 14.5. The van der Waals surface area contributed by atoms with E-state index in [1.54, 1.807) is 140 Å². The molecule has 86 heavy (non-hydrogen) atoms. The number of carbonyl (C=O) groups is 7. The standard InChI is InChI=1S/C68H56O17Se/c1-43-37-39-51(40-38-43)86-68-59(85-66(75)50-35-21-8-22-36-50)57(83-64(73)48-31-17-6-18-32-48)55(81-62(71)46-27-13-4-14-28-46)53(79-68)42-77-67-58(84-65(74)49-33-19-7-20-34-49)56(82-63(72)47-29-15-5-16-30-47)54(80-61(70)45-25-11-3-12-26-45)52(78-67)41-76-60(69)44-23-9-2-10-24-44/h2-40,52-59,67-68H,41-42H2,1H3/t52-,53-,54-,55-,56+,57+,58-,59-,67-,68+/m1/s1. The molecule has 0 aliphatic carbocycles. The third kappa shape index (κ3) is 15.2. The molecule has 8 aromatic rings. The van der Waals surface area contributed by atoms with Crippen LogP contribution in [0.2, 0.25) is 0 Å². The molecule has 2 fully saturated rings. The van der Waals surface area contributed by atoms with Crippen molar-refractivity contribution in [3.63, 3.8) is 0 Å². The van der Waals surface area contributed by atoms with Gasteiger partial charge in [-0.15, -0.1) is 0 Å². The second-order valence-electron chi connectivity index (χ2n) is 19.7. The van der Waals surface area contributed by atoms with Gasteiger partial charge in [0.2, 0.25) is 0 Å². The average molecular weight is 1220 g/mol. The fourth-order valence-electron chi connectivity index (χ4n) is 9.41. The zero-order chi connectivity index (χ0) is 59.8. The Morgan fingerprint density at radius 3 is 0.977 bits per heavy atom. The summed E-state index contributed by atoms with van der Waals surface area (Å²) in [4.78, 5) is 100. The first kappa shape index (κ1) is 59.6. The van der Waals surface area contributed by atoms with Crippen LogP contribution in [0, 0.1) is 6.92 Å². The summed E-state index contributed by atoms with van der Waals surface area (Å²) in [6.45, 7) is 0.596. The Labute approximate surface area is 501 Å². The normalized spacial score (nSPS) is 21.5. The summed E-state index contributed by atoms with van der Waals surface area (Å²) in [7, 11) is 0. The van der Waals surface area contributed by atoms with Crippen LogP contribution in [-0.2, 0) is 47.4 Å². The van der Waals surface area contributed by atoms with Crippen molar-refractivity contribution >= 4 is 61.2 Å². The zero-order valence-corrected chi connectivity index (χ0v) is 47.8. The molecule has 2 aliphatic heterocycles. The molecule has 0 bridgehead atoms. The van der Waals surface area contributed by atoms with Gasteiger partial charge in [0.1, 0.15) is 0 Å². The number of carbonyl (C=O) groups excluding carboxylic acids is 7. The van der Waals surface area contributed by atoms with Gasteiger partial charge in [-0.05, 0) is 24.3 Å². The number of aryl methyl sites for hydroxylation is 1. The Morgan fingerprint density at radius 2 is 0.616 bits per heavy atom. The van der Waals surface area contributed by atoms with Crippen LogP contribution in [0.3, 0.4) is 0 Å². The maximum atomic E-state index is 14.5. The van der Waals surface area contributed by atoms with E-state index in [9.17, 15) is 33.6 Å². The van der Waals surface area contributed by atoms with E-state index in [0.717, 1.165) is 10.0 Å². The molecule has 0 saturated carbocycles. The Bertz CT molecular complexity index is 3570. The quantitative estimate of drug-likeness (QED) is 0.0396. The van der Waals surface area contributed by atoms with Crippen molar-refractivity contribution in [3.05, 3.63) is 281 Å². The molecular formula is C68H56O17Se. The second-order valence-corrected chi connectivity index (χ2v) is 22.2. The summed E-state index contributed by atoms with van der Waals surface area (Å²) >= 11 is -0.783. The van der Waals surface area contributed by atoms with Crippen molar-refractivity contribution in [1.29, 1.82) is 0 Å². The third-order valence-electron chi connectivity index (χ3n) is 13.8. The van der Waals surface area contributed by atoms with Crippen LogP contribution < -0.4 is 4.46 Å². The summed E-state index contributed by atoms with van der Waals surface area (Å²) in [6.07, 6.45) is -15.0. The van der Waals surface area contributed by atoms with Gasteiger partial charge in [0.05, 0.1) is 0 Å². The van der Waals surface area contributed by atoms with Crippen molar-refractivity contribution in [3.8, 4) is 0 Å². The summed E-state index contributed by atoms with van der Waals surface area (Å²) in [5.41, 5.74) is 1.70. The van der Waals surface area contributed by atoms with Gasteiger partial charge in [0, 0.05) is 0 Å². The summed E-state index contributed by atoms with van der Waals surface area (Å²) in [6, 6.07) is 63.5. The molecule has 0 N–H and O–H groups in total. The molecule has 436 valence electrons. The van der Waals surface area contributed by atoms with Crippen LogP contribution in [0.25, 0.3) is 0 Å². The van der Waals surface area contributed by atoms with Crippen molar-refractivity contribution in [2.75, 3.05) is 13.2 Å².